The molecule has 1 aliphatic heterocycles. The minimum atomic E-state index is -0.445. The Morgan fingerprint density at radius 1 is 1.44 bits per heavy atom. The number of hydrogen-bond acceptors (Lipinski definition) is 3. The van der Waals surface area contributed by atoms with Crippen LogP contribution in [0.25, 0.3) is 0 Å². The molecule has 1 aromatic rings. The SMILES string of the molecule is COC1CCN(Cc2ccc(F)c(C#N)c2)CC1. The van der Waals surface area contributed by atoms with Crippen molar-refractivity contribution in [1.29, 1.82) is 5.26 Å². The van der Waals surface area contributed by atoms with Crippen molar-refractivity contribution in [2.75, 3.05) is 20.2 Å². The van der Waals surface area contributed by atoms with Gasteiger partial charge < -0.3 is 4.74 Å². The summed E-state index contributed by atoms with van der Waals surface area (Å²) in [5.41, 5.74) is 1.11. The number of halogens is 1. The quantitative estimate of drug-likeness (QED) is 0.823. The van der Waals surface area contributed by atoms with Gasteiger partial charge in [-0.1, -0.05) is 6.07 Å². The standard InChI is InChI=1S/C14H17FN2O/c1-18-13-4-6-17(7-5-13)10-11-2-3-14(15)12(8-11)9-16/h2-3,8,13H,4-7,10H2,1H3. The number of nitriles is 1. The summed E-state index contributed by atoms with van der Waals surface area (Å²) in [6.45, 7) is 2.74. The molecular formula is C14H17FN2O. The normalized spacial score (nSPS) is 17.6. The van der Waals surface area contributed by atoms with E-state index in [1.807, 2.05) is 6.07 Å². The van der Waals surface area contributed by atoms with Crippen LogP contribution >= 0.6 is 0 Å². The summed E-state index contributed by atoms with van der Waals surface area (Å²) in [7, 11) is 1.75. The molecule has 18 heavy (non-hydrogen) atoms. The van der Waals surface area contributed by atoms with E-state index < -0.39 is 5.82 Å². The molecule has 0 N–H and O–H groups in total. The molecule has 0 radical (unpaired) electrons. The summed E-state index contributed by atoms with van der Waals surface area (Å²) in [6.07, 6.45) is 2.43. The maximum absolute atomic E-state index is 13.2. The Hall–Kier alpha value is -1.44. The summed E-state index contributed by atoms with van der Waals surface area (Å²) in [5, 5.41) is 8.80. The van der Waals surface area contributed by atoms with Crippen molar-refractivity contribution in [2.45, 2.75) is 25.5 Å². The zero-order valence-electron chi connectivity index (χ0n) is 10.5. The second-order valence-corrected chi connectivity index (χ2v) is 4.64. The lowest BCUT2D eigenvalue weighted by Gasteiger charge is -2.31. The summed E-state index contributed by atoms with van der Waals surface area (Å²) in [5.74, 6) is -0.445. The number of likely N-dealkylation sites (tertiary alicyclic amines) is 1. The minimum Gasteiger partial charge on any atom is -0.381 e. The number of piperidine rings is 1. The average Bonchev–Trinajstić information content (AvgIpc) is 2.42. The first-order valence-electron chi connectivity index (χ1n) is 6.16. The van der Waals surface area contributed by atoms with Crippen molar-refractivity contribution < 1.29 is 9.13 Å². The molecule has 0 bridgehead atoms. The highest BCUT2D eigenvalue weighted by Gasteiger charge is 2.18. The van der Waals surface area contributed by atoms with E-state index in [9.17, 15) is 4.39 Å². The van der Waals surface area contributed by atoms with Gasteiger partial charge in [-0.05, 0) is 30.5 Å². The van der Waals surface area contributed by atoms with Crippen LogP contribution in [0.5, 0.6) is 0 Å². The molecule has 0 amide bonds. The third-order valence-electron chi connectivity index (χ3n) is 3.43. The molecule has 3 nitrogen and oxygen atoms in total. The highest BCUT2D eigenvalue weighted by atomic mass is 19.1. The third-order valence-corrected chi connectivity index (χ3v) is 3.43. The summed E-state index contributed by atoms with van der Waals surface area (Å²) < 4.78 is 18.5. The van der Waals surface area contributed by atoms with E-state index in [0.717, 1.165) is 38.0 Å². The van der Waals surface area contributed by atoms with Crippen LogP contribution in [-0.4, -0.2) is 31.2 Å². The zero-order valence-corrected chi connectivity index (χ0v) is 10.5. The molecule has 2 rings (SSSR count). The van der Waals surface area contributed by atoms with Crippen molar-refractivity contribution >= 4 is 0 Å². The average molecular weight is 248 g/mol. The molecule has 1 aliphatic rings. The summed E-state index contributed by atoms with van der Waals surface area (Å²) >= 11 is 0. The number of methoxy groups -OCH3 is 1. The fourth-order valence-corrected chi connectivity index (χ4v) is 2.32. The Morgan fingerprint density at radius 3 is 2.78 bits per heavy atom. The van der Waals surface area contributed by atoms with Crippen molar-refractivity contribution in [1.82, 2.24) is 4.90 Å². The van der Waals surface area contributed by atoms with Crippen LogP contribution in [0.2, 0.25) is 0 Å². The van der Waals surface area contributed by atoms with Crippen LogP contribution in [0, 0.1) is 17.1 Å². The molecule has 0 atom stereocenters. The van der Waals surface area contributed by atoms with Crippen LogP contribution in [0.3, 0.4) is 0 Å². The van der Waals surface area contributed by atoms with Crippen molar-refractivity contribution in [3.63, 3.8) is 0 Å². The molecule has 0 aromatic heterocycles. The van der Waals surface area contributed by atoms with E-state index in [1.54, 1.807) is 19.2 Å². The first kappa shape index (κ1) is 13.0. The predicted molar refractivity (Wildman–Crippen MR) is 66.4 cm³/mol. The van der Waals surface area contributed by atoms with E-state index in [0.29, 0.717) is 6.10 Å². The highest BCUT2D eigenvalue weighted by molar-refractivity contribution is 5.34. The van der Waals surface area contributed by atoms with Gasteiger partial charge in [0, 0.05) is 26.7 Å². The van der Waals surface area contributed by atoms with Gasteiger partial charge in [-0.3, -0.25) is 4.90 Å². The van der Waals surface area contributed by atoms with Gasteiger partial charge in [-0.25, -0.2) is 4.39 Å². The molecule has 1 fully saturated rings. The second-order valence-electron chi connectivity index (χ2n) is 4.64. The fourth-order valence-electron chi connectivity index (χ4n) is 2.32. The lowest BCUT2D eigenvalue weighted by molar-refractivity contribution is 0.0388. The number of ether oxygens (including phenoxy) is 1. The molecule has 1 aromatic carbocycles. The lowest BCUT2D eigenvalue weighted by atomic mass is 10.1. The Balaban J connectivity index is 1.96. The minimum absolute atomic E-state index is 0.124. The van der Waals surface area contributed by atoms with Crippen molar-refractivity contribution in [3.05, 3.63) is 35.1 Å². The van der Waals surface area contributed by atoms with Crippen LogP contribution in [0.15, 0.2) is 18.2 Å². The number of hydrogen-bond donors (Lipinski definition) is 0. The molecule has 0 unspecified atom stereocenters. The number of rotatable bonds is 3. The lowest BCUT2D eigenvalue weighted by Crippen LogP contribution is -2.36. The Bertz CT molecular complexity index is 448. The number of nitrogens with zero attached hydrogens (tertiary/aromatic N) is 2. The van der Waals surface area contributed by atoms with Gasteiger partial charge in [0.1, 0.15) is 11.9 Å². The molecule has 4 heteroatoms. The number of benzene rings is 1. The summed E-state index contributed by atoms with van der Waals surface area (Å²) in [4.78, 5) is 2.31. The fraction of sp³-hybridized carbons (Fsp3) is 0.500. The molecule has 1 heterocycles. The van der Waals surface area contributed by atoms with Gasteiger partial charge in [0.15, 0.2) is 0 Å². The van der Waals surface area contributed by atoms with E-state index in [4.69, 9.17) is 10.00 Å². The van der Waals surface area contributed by atoms with E-state index in [2.05, 4.69) is 4.90 Å². The Labute approximate surface area is 107 Å². The third kappa shape index (κ3) is 3.06. The highest BCUT2D eigenvalue weighted by Crippen LogP contribution is 2.17. The Morgan fingerprint density at radius 2 is 2.17 bits per heavy atom. The smallest absolute Gasteiger partial charge is 0.140 e. The predicted octanol–water partition coefficient (Wildman–Crippen LogP) is 2.31. The van der Waals surface area contributed by atoms with E-state index in [-0.39, 0.29) is 5.56 Å². The van der Waals surface area contributed by atoms with Crippen LogP contribution < -0.4 is 0 Å². The van der Waals surface area contributed by atoms with Gasteiger partial charge in [0.25, 0.3) is 0 Å². The largest absolute Gasteiger partial charge is 0.381 e. The first-order valence-corrected chi connectivity index (χ1v) is 6.16. The maximum atomic E-state index is 13.2. The van der Waals surface area contributed by atoms with E-state index >= 15 is 0 Å². The van der Waals surface area contributed by atoms with Crippen LogP contribution in [0.4, 0.5) is 4.39 Å². The van der Waals surface area contributed by atoms with Crippen LogP contribution in [-0.2, 0) is 11.3 Å². The van der Waals surface area contributed by atoms with E-state index in [1.165, 1.54) is 6.07 Å². The Kier molecular flexibility index (Phi) is 4.29. The first-order chi connectivity index (χ1) is 8.72. The van der Waals surface area contributed by atoms with Gasteiger partial charge >= 0.3 is 0 Å². The van der Waals surface area contributed by atoms with Crippen molar-refractivity contribution in [2.24, 2.45) is 0 Å². The molecule has 1 saturated heterocycles. The van der Waals surface area contributed by atoms with Gasteiger partial charge in [0.2, 0.25) is 0 Å². The molecular weight excluding hydrogens is 231 g/mol. The monoisotopic (exact) mass is 248 g/mol. The summed E-state index contributed by atoms with van der Waals surface area (Å²) in [6, 6.07) is 6.63. The zero-order chi connectivity index (χ0) is 13.0. The second kappa shape index (κ2) is 5.94. The van der Waals surface area contributed by atoms with Gasteiger partial charge in [-0.2, -0.15) is 5.26 Å². The van der Waals surface area contributed by atoms with Gasteiger partial charge in [-0.15, -0.1) is 0 Å². The van der Waals surface area contributed by atoms with Crippen LogP contribution in [0.1, 0.15) is 24.0 Å². The maximum Gasteiger partial charge on any atom is 0.140 e. The molecule has 0 saturated carbocycles. The van der Waals surface area contributed by atoms with Gasteiger partial charge in [0.05, 0.1) is 11.7 Å². The molecule has 96 valence electrons. The topological polar surface area (TPSA) is 36.3 Å². The molecule has 0 spiro atoms. The van der Waals surface area contributed by atoms with Crippen molar-refractivity contribution in [3.8, 4) is 6.07 Å². The molecule has 0 aliphatic carbocycles.